The number of aryl methyl sites for hydroxylation is 1. The molecule has 20 heavy (non-hydrogen) atoms. The van der Waals surface area contributed by atoms with Crippen LogP contribution in [0.15, 0.2) is 57.8 Å². The van der Waals surface area contributed by atoms with Gasteiger partial charge in [-0.25, -0.2) is 0 Å². The first-order valence-electron chi connectivity index (χ1n) is 6.03. The molecule has 0 radical (unpaired) electrons. The highest BCUT2D eigenvalue weighted by atomic mass is 35.5. The quantitative estimate of drug-likeness (QED) is 0.809. The lowest BCUT2D eigenvalue weighted by Crippen LogP contribution is -2.03. The molecular weight excluding hydrogens is 294 g/mol. The van der Waals surface area contributed by atoms with Crippen molar-refractivity contribution in [3.05, 3.63) is 64.7 Å². The van der Waals surface area contributed by atoms with Crippen molar-refractivity contribution in [2.24, 2.45) is 4.40 Å². The van der Waals surface area contributed by atoms with Crippen molar-refractivity contribution in [3.8, 4) is 0 Å². The molecule has 0 N–H and O–H groups in total. The molecule has 2 aromatic rings. The first kappa shape index (κ1) is 14.8. The summed E-state index contributed by atoms with van der Waals surface area (Å²) in [7, 11) is -3.68. The number of benzene rings is 2. The van der Waals surface area contributed by atoms with Gasteiger partial charge in [-0.1, -0.05) is 41.4 Å². The van der Waals surface area contributed by atoms with Crippen LogP contribution in [0.5, 0.6) is 0 Å². The summed E-state index contributed by atoms with van der Waals surface area (Å²) in [6.07, 6.45) is 0. The largest absolute Gasteiger partial charge is 0.282 e. The van der Waals surface area contributed by atoms with E-state index < -0.39 is 10.0 Å². The van der Waals surface area contributed by atoms with E-state index in [1.807, 2.05) is 6.92 Å². The van der Waals surface area contributed by atoms with Gasteiger partial charge in [0.1, 0.15) is 0 Å². The number of hydrogen-bond acceptors (Lipinski definition) is 2. The summed E-state index contributed by atoms with van der Waals surface area (Å²) in [6, 6.07) is 13.5. The molecule has 0 unspecified atom stereocenters. The van der Waals surface area contributed by atoms with E-state index in [1.54, 1.807) is 55.5 Å². The van der Waals surface area contributed by atoms with Crippen molar-refractivity contribution in [1.29, 1.82) is 0 Å². The molecule has 3 nitrogen and oxygen atoms in total. The minimum atomic E-state index is -3.68. The Morgan fingerprint density at radius 2 is 1.55 bits per heavy atom. The van der Waals surface area contributed by atoms with Gasteiger partial charge >= 0.3 is 0 Å². The lowest BCUT2D eigenvalue weighted by atomic mass is 10.1. The molecule has 0 amide bonds. The second-order valence-electron chi connectivity index (χ2n) is 4.47. The van der Waals surface area contributed by atoms with Crippen molar-refractivity contribution in [3.63, 3.8) is 0 Å². The molecule has 104 valence electrons. The van der Waals surface area contributed by atoms with Gasteiger partial charge in [0.25, 0.3) is 10.0 Å². The zero-order chi connectivity index (χ0) is 14.8. The summed E-state index contributed by atoms with van der Waals surface area (Å²) in [4.78, 5) is 0.191. The Bertz CT molecular complexity index is 732. The molecule has 0 aliphatic rings. The monoisotopic (exact) mass is 307 g/mol. The number of nitrogens with zero attached hydrogens (tertiary/aromatic N) is 1. The van der Waals surface area contributed by atoms with Gasteiger partial charge in [0.2, 0.25) is 0 Å². The average molecular weight is 308 g/mol. The number of hydrogen-bond donors (Lipinski definition) is 0. The molecule has 0 atom stereocenters. The summed E-state index contributed by atoms with van der Waals surface area (Å²) in [5.41, 5.74) is 2.16. The van der Waals surface area contributed by atoms with Crippen LogP contribution in [-0.4, -0.2) is 14.1 Å². The van der Waals surface area contributed by atoms with Gasteiger partial charge in [-0.2, -0.15) is 12.8 Å². The van der Waals surface area contributed by atoms with Crippen molar-refractivity contribution in [1.82, 2.24) is 0 Å². The molecule has 0 bridgehead atoms. The fraction of sp³-hybridized carbons (Fsp3) is 0.133. The highest BCUT2D eigenvalue weighted by Gasteiger charge is 2.13. The standard InChI is InChI=1S/C15H14ClNO2S/c1-11-3-9-15(10-4-11)20(18,19)17-12(2)13-5-7-14(16)8-6-13/h3-10H,1-2H3. The second-order valence-corrected chi connectivity index (χ2v) is 6.51. The van der Waals surface area contributed by atoms with Gasteiger partial charge in [-0.3, -0.25) is 0 Å². The van der Waals surface area contributed by atoms with Crippen LogP contribution in [-0.2, 0) is 10.0 Å². The van der Waals surface area contributed by atoms with Crippen LogP contribution in [0, 0.1) is 6.92 Å². The van der Waals surface area contributed by atoms with Gasteiger partial charge in [-0.05, 0) is 43.7 Å². The maximum Gasteiger partial charge on any atom is 0.282 e. The number of halogens is 1. The average Bonchev–Trinajstić information content (AvgIpc) is 2.39. The number of sulfonamides is 1. The Hall–Kier alpha value is -1.65. The zero-order valence-corrected chi connectivity index (χ0v) is 12.7. The SMILES string of the molecule is CC(=NS(=O)(=O)c1ccc(C)cc1)c1ccc(Cl)cc1. The van der Waals surface area contributed by atoms with Gasteiger partial charge in [0.15, 0.2) is 0 Å². The number of rotatable bonds is 3. The summed E-state index contributed by atoms with van der Waals surface area (Å²) < 4.78 is 28.2. The van der Waals surface area contributed by atoms with Crippen LogP contribution in [0.3, 0.4) is 0 Å². The third-order valence-corrected chi connectivity index (χ3v) is 4.47. The van der Waals surface area contributed by atoms with E-state index in [1.165, 1.54) is 0 Å². The van der Waals surface area contributed by atoms with Crippen LogP contribution >= 0.6 is 11.6 Å². The predicted octanol–water partition coefficient (Wildman–Crippen LogP) is 3.85. The fourth-order valence-corrected chi connectivity index (χ4v) is 2.86. The van der Waals surface area contributed by atoms with Crippen LogP contribution < -0.4 is 0 Å². The Kier molecular flexibility index (Phi) is 4.26. The summed E-state index contributed by atoms with van der Waals surface area (Å²) in [6.45, 7) is 3.56. The van der Waals surface area contributed by atoms with Crippen molar-refractivity contribution < 1.29 is 8.42 Å². The van der Waals surface area contributed by atoms with Crippen molar-refractivity contribution in [2.75, 3.05) is 0 Å². The molecule has 0 heterocycles. The molecule has 0 fully saturated rings. The Morgan fingerprint density at radius 3 is 2.10 bits per heavy atom. The van der Waals surface area contributed by atoms with Gasteiger partial charge < -0.3 is 0 Å². The Balaban J connectivity index is 2.37. The second kappa shape index (κ2) is 5.77. The highest BCUT2D eigenvalue weighted by molar-refractivity contribution is 7.90. The van der Waals surface area contributed by atoms with Crippen LogP contribution in [0.4, 0.5) is 0 Å². The highest BCUT2D eigenvalue weighted by Crippen LogP contribution is 2.16. The smallest absolute Gasteiger partial charge is 0.199 e. The topological polar surface area (TPSA) is 46.5 Å². The van der Waals surface area contributed by atoms with Crippen LogP contribution in [0.2, 0.25) is 5.02 Å². The van der Waals surface area contributed by atoms with Crippen molar-refractivity contribution in [2.45, 2.75) is 18.7 Å². The molecule has 5 heteroatoms. The normalized spacial score (nSPS) is 12.4. The predicted molar refractivity (Wildman–Crippen MR) is 82.0 cm³/mol. The third kappa shape index (κ3) is 3.46. The summed E-state index contributed by atoms with van der Waals surface area (Å²) in [5.74, 6) is 0. The summed E-state index contributed by atoms with van der Waals surface area (Å²) >= 11 is 5.80. The van der Waals surface area contributed by atoms with Crippen LogP contribution in [0.1, 0.15) is 18.1 Å². The van der Waals surface area contributed by atoms with E-state index in [-0.39, 0.29) is 4.90 Å². The third-order valence-electron chi connectivity index (χ3n) is 2.84. The van der Waals surface area contributed by atoms with Crippen molar-refractivity contribution >= 4 is 27.3 Å². The van der Waals surface area contributed by atoms with E-state index in [9.17, 15) is 8.42 Å². The van der Waals surface area contributed by atoms with E-state index >= 15 is 0 Å². The molecule has 0 aromatic heterocycles. The van der Waals surface area contributed by atoms with Crippen LogP contribution in [0.25, 0.3) is 0 Å². The molecule has 0 aliphatic carbocycles. The van der Waals surface area contributed by atoms with E-state index in [0.717, 1.165) is 11.1 Å². The molecule has 0 spiro atoms. The van der Waals surface area contributed by atoms with Gasteiger partial charge in [0, 0.05) is 5.02 Å². The summed E-state index contributed by atoms with van der Waals surface area (Å²) in [5, 5.41) is 0.600. The first-order valence-corrected chi connectivity index (χ1v) is 7.84. The molecule has 2 rings (SSSR count). The van der Waals surface area contributed by atoms with Gasteiger partial charge in [0.05, 0.1) is 10.6 Å². The minimum Gasteiger partial charge on any atom is -0.199 e. The lowest BCUT2D eigenvalue weighted by Gasteiger charge is -2.03. The zero-order valence-electron chi connectivity index (χ0n) is 11.2. The molecule has 0 saturated carbocycles. The fourth-order valence-electron chi connectivity index (χ4n) is 1.69. The first-order chi connectivity index (χ1) is 9.38. The molecule has 0 aliphatic heterocycles. The van der Waals surface area contributed by atoms with E-state index in [4.69, 9.17) is 11.6 Å². The van der Waals surface area contributed by atoms with E-state index in [0.29, 0.717) is 10.7 Å². The molecular formula is C15H14ClNO2S. The maximum absolute atomic E-state index is 12.2. The molecule has 2 aromatic carbocycles. The maximum atomic E-state index is 12.2. The Morgan fingerprint density at radius 1 is 1.00 bits per heavy atom. The minimum absolute atomic E-state index is 0.191. The molecule has 0 saturated heterocycles. The van der Waals surface area contributed by atoms with Gasteiger partial charge in [-0.15, -0.1) is 0 Å². The Labute approximate surface area is 124 Å². The van der Waals surface area contributed by atoms with E-state index in [2.05, 4.69) is 4.40 Å². The lowest BCUT2D eigenvalue weighted by molar-refractivity contribution is 0.598.